The van der Waals surface area contributed by atoms with E-state index in [1.165, 1.54) is 0 Å². The summed E-state index contributed by atoms with van der Waals surface area (Å²) in [5.74, 6) is -1.83. The molecule has 10 heteroatoms. The van der Waals surface area contributed by atoms with Crippen molar-refractivity contribution in [1.82, 2.24) is 10.6 Å². The molecule has 4 N–H and O–H groups in total. The van der Waals surface area contributed by atoms with E-state index in [2.05, 4.69) is 24.5 Å². The van der Waals surface area contributed by atoms with Crippen molar-refractivity contribution in [1.29, 1.82) is 0 Å². The summed E-state index contributed by atoms with van der Waals surface area (Å²) < 4.78 is 18.0. The lowest BCUT2D eigenvalue weighted by molar-refractivity contribution is -0.190. The molecule has 1 aliphatic heterocycles. The smallest absolute Gasteiger partial charge is 0.306 e. The van der Waals surface area contributed by atoms with Gasteiger partial charge >= 0.3 is 5.97 Å². The molecule has 40 heavy (non-hydrogen) atoms. The molecule has 0 spiro atoms. The van der Waals surface area contributed by atoms with Gasteiger partial charge in [-0.2, -0.15) is 0 Å². The van der Waals surface area contributed by atoms with Crippen LogP contribution in [0.3, 0.4) is 0 Å². The van der Waals surface area contributed by atoms with Gasteiger partial charge in [0.1, 0.15) is 17.8 Å². The Kier molecular flexibility index (Phi) is 14.1. The summed E-state index contributed by atoms with van der Waals surface area (Å²) in [5.41, 5.74) is -0.178. The van der Waals surface area contributed by atoms with Crippen molar-refractivity contribution in [3.05, 3.63) is 11.6 Å². The standard InChI is InChI=1S/C30H52N2O8/c1-6-8-10-15-30(16-11-9-7-2)38-24-19-21(18-23(34)27(24)40-30)28(37)31-17-14-25(35)32-22(20-33)12-13-26(36)39-29(3,4)5/h19,22-24,27,33-34H,6-18,20H2,1-5H3,(H,31,37)(H,32,35). The largest absolute Gasteiger partial charge is 0.460 e. The summed E-state index contributed by atoms with van der Waals surface area (Å²) in [7, 11) is 0. The van der Waals surface area contributed by atoms with E-state index in [9.17, 15) is 24.6 Å². The fourth-order valence-corrected chi connectivity index (χ4v) is 5.11. The minimum absolute atomic E-state index is 0.00808. The lowest BCUT2D eigenvalue weighted by Crippen LogP contribution is -2.42. The molecule has 0 bridgehead atoms. The van der Waals surface area contributed by atoms with Crippen molar-refractivity contribution in [2.75, 3.05) is 13.2 Å². The summed E-state index contributed by atoms with van der Waals surface area (Å²) >= 11 is 0. The van der Waals surface area contributed by atoms with Crippen LogP contribution in [0.5, 0.6) is 0 Å². The van der Waals surface area contributed by atoms with Crippen molar-refractivity contribution >= 4 is 17.8 Å². The van der Waals surface area contributed by atoms with Crippen molar-refractivity contribution < 1.29 is 38.8 Å². The average molecular weight is 569 g/mol. The molecule has 1 heterocycles. The zero-order valence-corrected chi connectivity index (χ0v) is 25.1. The van der Waals surface area contributed by atoms with Crippen molar-refractivity contribution in [3.63, 3.8) is 0 Å². The Morgan fingerprint density at radius 1 is 1.07 bits per heavy atom. The van der Waals surface area contributed by atoms with Crippen molar-refractivity contribution in [2.24, 2.45) is 0 Å². The minimum atomic E-state index is -0.853. The highest BCUT2D eigenvalue weighted by atomic mass is 16.8. The minimum Gasteiger partial charge on any atom is -0.460 e. The van der Waals surface area contributed by atoms with Gasteiger partial charge in [-0.25, -0.2) is 0 Å². The van der Waals surface area contributed by atoms with Gasteiger partial charge in [-0.1, -0.05) is 39.5 Å². The number of hydrogen-bond acceptors (Lipinski definition) is 8. The third-order valence-corrected chi connectivity index (χ3v) is 7.15. The van der Waals surface area contributed by atoms with Gasteiger partial charge in [0.05, 0.1) is 18.8 Å². The average Bonchev–Trinajstić information content (AvgIpc) is 3.25. The zero-order valence-electron chi connectivity index (χ0n) is 25.1. The van der Waals surface area contributed by atoms with Crippen LogP contribution < -0.4 is 10.6 Å². The topological polar surface area (TPSA) is 143 Å². The molecule has 4 unspecified atom stereocenters. The molecule has 0 radical (unpaired) electrons. The van der Waals surface area contributed by atoms with Crippen LogP contribution in [-0.2, 0) is 28.6 Å². The summed E-state index contributed by atoms with van der Waals surface area (Å²) in [5, 5.41) is 25.8. The van der Waals surface area contributed by atoms with Crippen LogP contribution in [0, 0.1) is 0 Å². The van der Waals surface area contributed by atoms with Gasteiger partial charge < -0.3 is 35.1 Å². The van der Waals surface area contributed by atoms with Gasteiger partial charge in [-0.3, -0.25) is 14.4 Å². The van der Waals surface area contributed by atoms with Crippen molar-refractivity contribution in [2.45, 2.75) is 147 Å². The van der Waals surface area contributed by atoms with Crippen molar-refractivity contribution in [3.8, 4) is 0 Å². The number of amides is 2. The molecule has 2 rings (SSSR count). The monoisotopic (exact) mass is 568 g/mol. The molecule has 0 aromatic heterocycles. The van der Waals surface area contributed by atoms with E-state index in [1.807, 2.05) is 0 Å². The first-order chi connectivity index (χ1) is 18.9. The van der Waals surface area contributed by atoms with Gasteiger partial charge in [-0.05, 0) is 46.1 Å². The molecule has 230 valence electrons. The number of esters is 1. The number of rotatable bonds is 17. The maximum absolute atomic E-state index is 12.9. The van der Waals surface area contributed by atoms with Gasteiger partial charge in [0.2, 0.25) is 11.8 Å². The van der Waals surface area contributed by atoms with Crippen LogP contribution in [0.4, 0.5) is 0 Å². The fourth-order valence-electron chi connectivity index (χ4n) is 5.11. The lowest BCUT2D eigenvalue weighted by Gasteiger charge is -2.29. The normalized spacial score (nSPS) is 22.7. The number of nitrogens with one attached hydrogen (secondary N) is 2. The Morgan fingerprint density at radius 2 is 1.73 bits per heavy atom. The Morgan fingerprint density at radius 3 is 2.30 bits per heavy atom. The second-order valence-corrected chi connectivity index (χ2v) is 12.0. The maximum Gasteiger partial charge on any atom is 0.306 e. The SMILES string of the molecule is CCCCCC1(CCCCC)OC2C=C(C(=O)NCCC(=O)NC(CO)CCC(=O)OC(C)(C)C)CC(O)C2O1. The highest BCUT2D eigenvalue weighted by Crippen LogP contribution is 2.42. The first-order valence-corrected chi connectivity index (χ1v) is 15.1. The Balaban J connectivity index is 1.85. The number of unbranched alkanes of at least 4 members (excludes halogenated alkanes) is 4. The molecular weight excluding hydrogens is 516 g/mol. The third-order valence-electron chi connectivity index (χ3n) is 7.15. The number of carbonyl (C=O) groups excluding carboxylic acids is 3. The third kappa shape index (κ3) is 11.5. The number of carbonyl (C=O) groups is 3. The summed E-state index contributed by atoms with van der Waals surface area (Å²) in [6.07, 6.45) is 8.24. The Bertz CT molecular complexity index is 843. The highest BCUT2D eigenvalue weighted by Gasteiger charge is 2.50. The quantitative estimate of drug-likeness (QED) is 0.154. The summed E-state index contributed by atoms with van der Waals surface area (Å²) in [4.78, 5) is 37.1. The van der Waals surface area contributed by atoms with E-state index in [0.29, 0.717) is 5.57 Å². The van der Waals surface area contributed by atoms with E-state index in [-0.39, 0.29) is 50.6 Å². The highest BCUT2D eigenvalue weighted by molar-refractivity contribution is 5.94. The van der Waals surface area contributed by atoms with Gasteiger partial charge in [0.15, 0.2) is 5.79 Å². The number of ether oxygens (including phenoxy) is 3. The second-order valence-electron chi connectivity index (χ2n) is 12.0. The van der Waals surface area contributed by atoms with Crippen LogP contribution in [-0.4, -0.2) is 76.9 Å². The van der Waals surface area contributed by atoms with Gasteiger partial charge in [0, 0.05) is 44.2 Å². The molecule has 0 aromatic rings. The first kappa shape index (κ1) is 34.2. The fraction of sp³-hybridized carbons (Fsp3) is 0.833. The van der Waals surface area contributed by atoms with E-state index >= 15 is 0 Å². The number of aliphatic hydroxyl groups excluding tert-OH is 2. The van der Waals surface area contributed by atoms with Crippen LogP contribution in [0.1, 0.15) is 112 Å². The molecule has 0 aromatic carbocycles. The number of aliphatic hydroxyl groups is 2. The lowest BCUT2D eigenvalue weighted by atomic mass is 9.92. The number of hydrogen-bond donors (Lipinski definition) is 4. The Hall–Kier alpha value is -2.01. The first-order valence-electron chi connectivity index (χ1n) is 15.1. The summed E-state index contributed by atoms with van der Waals surface area (Å²) in [6.45, 7) is 9.41. The molecule has 2 amide bonds. The van der Waals surface area contributed by atoms with E-state index < -0.39 is 41.7 Å². The molecular formula is C30H52N2O8. The van der Waals surface area contributed by atoms with Gasteiger partial charge in [-0.15, -0.1) is 0 Å². The molecule has 0 saturated carbocycles. The second kappa shape index (κ2) is 16.4. The maximum atomic E-state index is 12.9. The number of fused-ring (bicyclic) bond motifs is 1. The summed E-state index contributed by atoms with van der Waals surface area (Å²) in [6, 6.07) is -0.585. The molecule has 1 saturated heterocycles. The van der Waals surface area contributed by atoms with E-state index in [0.717, 1.165) is 51.4 Å². The molecule has 1 fully saturated rings. The van der Waals surface area contributed by atoms with Crippen LogP contribution in [0.2, 0.25) is 0 Å². The van der Waals surface area contributed by atoms with Crippen LogP contribution in [0.25, 0.3) is 0 Å². The molecule has 1 aliphatic carbocycles. The van der Waals surface area contributed by atoms with Crippen LogP contribution >= 0.6 is 0 Å². The van der Waals surface area contributed by atoms with E-state index in [1.54, 1.807) is 26.8 Å². The van der Waals surface area contributed by atoms with E-state index in [4.69, 9.17) is 14.2 Å². The van der Waals surface area contributed by atoms with Gasteiger partial charge in [0.25, 0.3) is 0 Å². The van der Waals surface area contributed by atoms with Crippen LogP contribution in [0.15, 0.2) is 11.6 Å². The predicted molar refractivity (Wildman–Crippen MR) is 151 cm³/mol. The predicted octanol–water partition coefficient (Wildman–Crippen LogP) is 3.42. The molecule has 2 aliphatic rings. The Labute approximate surface area is 239 Å². The zero-order chi connectivity index (χ0) is 29.8. The molecule has 10 nitrogen and oxygen atoms in total. The molecule has 4 atom stereocenters.